The molecule has 426 valence electrons. The molecule has 0 spiro atoms. The van der Waals surface area contributed by atoms with Gasteiger partial charge in [-0.3, -0.25) is 30.4 Å². The molecule has 0 unspecified atom stereocenters. The quantitative estimate of drug-likeness (QED) is 0.0559. The molecular formula is C65H62N10O8S. The van der Waals surface area contributed by atoms with Crippen LogP contribution in [0.25, 0.3) is 45.0 Å². The molecule has 4 N–H and O–H groups in total. The van der Waals surface area contributed by atoms with Gasteiger partial charge in [0.2, 0.25) is 23.5 Å². The smallest absolute Gasteiger partial charge is 0.233 e. The first-order chi connectivity index (χ1) is 41.4. The van der Waals surface area contributed by atoms with Gasteiger partial charge >= 0.3 is 0 Å². The molecule has 7 heterocycles. The fourth-order valence-electron chi connectivity index (χ4n) is 8.30. The van der Waals surface area contributed by atoms with E-state index in [0.29, 0.717) is 43.3 Å². The van der Waals surface area contributed by atoms with Crippen LogP contribution in [0, 0.1) is 0 Å². The highest BCUT2D eigenvalue weighted by Gasteiger charge is 2.15. The number of nitrogens with one attached hydrogen (secondary N) is 4. The van der Waals surface area contributed by atoms with Gasteiger partial charge in [0.15, 0.2) is 0 Å². The molecule has 1 atom stereocenters. The Labute approximate surface area is 490 Å². The van der Waals surface area contributed by atoms with Gasteiger partial charge in [0.05, 0.1) is 56.9 Å². The number of H-pyrrole nitrogens is 4. The predicted molar refractivity (Wildman–Crippen MR) is 324 cm³/mol. The van der Waals surface area contributed by atoms with E-state index in [1.165, 1.54) is 4.88 Å². The van der Waals surface area contributed by atoms with E-state index in [4.69, 9.17) is 37.9 Å². The molecule has 84 heavy (non-hydrogen) atoms. The van der Waals surface area contributed by atoms with Crippen LogP contribution < -0.4 is 37.9 Å². The second kappa shape index (κ2) is 30.2. The van der Waals surface area contributed by atoms with E-state index in [1.54, 1.807) is 58.4 Å². The number of aromatic nitrogens is 10. The third-order valence-corrected chi connectivity index (χ3v) is 13.4. The first kappa shape index (κ1) is 58.0. The van der Waals surface area contributed by atoms with Gasteiger partial charge in [0, 0.05) is 70.0 Å². The molecule has 0 aliphatic rings. The van der Waals surface area contributed by atoms with Crippen molar-refractivity contribution in [3.05, 3.63) is 240 Å². The summed E-state index contributed by atoms with van der Waals surface area (Å²) >= 11 is 1.67. The predicted octanol–water partition coefficient (Wildman–Crippen LogP) is 14.1. The van der Waals surface area contributed by atoms with Crippen molar-refractivity contribution < 1.29 is 37.9 Å². The van der Waals surface area contributed by atoms with Crippen molar-refractivity contribution in [3.8, 4) is 91.5 Å². The largest absolute Gasteiger partial charge is 0.496 e. The summed E-state index contributed by atoms with van der Waals surface area (Å²) < 4.78 is 44.2. The van der Waals surface area contributed by atoms with Crippen molar-refractivity contribution in [2.45, 2.75) is 32.8 Å². The summed E-state index contributed by atoms with van der Waals surface area (Å²) in [6.45, 7) is 3.39. The summed E-state index contributed by atoms with van der Waals surface area (Å²) in [5, 5.41) is 30.6. The lowest BCUT2D eigenvalue weighted by Crippen LogP contribution is -2.02. The van der Waals surface area contributed by atoms with Crippen molar-refractivity contribution in [2.24, 2.45) is 0 Å². The number of methoxy groups -OCH3 is 4. The minimum atomic E-state index is -0.0602. The van der Waals surface area contributed by atoms with Gasteiger partial charge < -0.3 is 37.9 Å². The van der Waals surface area contributed by atoms with Crippen LogP contribution in [0.3, 0.4) is 0 Å². The zero-order chi connectivity index (χ0) is 58.1. The number of nitrogens with zero attached hydrogens (tertiary/aromatic N) is 6. The lowest BCUT2D eigenvalue weighted by molar-refractivity contribution is 0.217. The molecule has 0 radical (unpaired) electrons. The molecule has 0 aliphatic heterocycles. The highest BCUT2D eigenvalue weighted by molar-refractivity contribution is 7.09. The Kier molecular flexibility index (Phi) is 20.9. The number of rotatable bonds is 20. The first-order valence-corrected chi connectivity index (χ1v) is 27.4. The number of benzene rings is 5. The third kappa shape index (κ3) is 16.3. The SMILES string of the molecule is COc1ccccc1-c1cc(OCc2ccccn2)n[nH]1.COc1ccccc1-c1cc(OCc2cccs2)n[nH]1.COc1ccccc1-c1cc(OCc2ccncc2)n[nH]1.COc1ccccc1-c1cc(O[C@@H](C)c2ccccc2)n[nH]1. The van der Waals surface area contributed by atoms with Gasteiger partial charge in [-0.05, 0) is 102 Å². The average Bonchev–Trinajstić information content (AvgIpc) is 4.55. The van der Waals surface area contributed by atoms with Crippen LogP contribution in [0.2, 0.25) is 0 Å². The molecule has 7 aromatic heterocycles. The Morgan fingerprint density at radius 1 is 0.405 bits per heavy atom. The average molecular weight is 1140 g/mol. The number of hydrogen-bond donors (Lipinski definition) is 4. The van der Waals surface area contributed by atoms with Gasteiger partial charge in [-0.2, -0.15) is 0 Å². The molecule has 12 rings (SSSR count). The number of hydrogen-bond acceptors (Lipinski definition) is 15. The van der Waals surface area contributed by atoms with Crippen molar-refractivity contribution in [1.29, 1.82) is 0 Å². The minimum Gasteiger partial charge on any atom is -0.496 e. The van der Waals surface area contributed by atoms with E-state index in [-0.39, 0.29) is 6.10 Å². The van der Waals surface area contributed by atoms with Crippen molar-refractivity contribution in [1.82, 2.24) is 50.8 Å². The Morgan fingerprint density at radius 3 is 1.26 bits per heavy atom. The van der Waals surface area contributed by atoms with E-state index in [1.807, 2.05) is 206 Å². The van der Waals surface area contributed by atoms with Gasteiger partial charge in [-0.1, -0.05) is 91.0 Å². The van der Waals surface area contributed by atoms with Gasteiger partial charge in [0.25, 0.3) is 0 Å². The number of pyridine rings is 2. The van der Waals surface area contributed by atoms with Crippen LogP contribution >= 0.6 is 11.3 Å². The van der Waals surface area contributed by atoms with E-state index in [2.05, 4.69) is 50.8 Å². The summed E-state index contributed by atoms with van der Waals surface area (Å²) in [4.78, 5) is 9.35. The Hall–Kier alpha value is -10.7. The molecule has 19 heteroatoms. The topological polar surface area (TPSA) is 214 Å². The fourth-order valence-corrected chi connectivity index (χ4v) is 8.91. The lowest BCUT2D eigenvalue weighted by atomic mass is 10.1. The standard InChI is InChI=1S/C18H18N2O2.2C16H15N3O2.C15H14N2O2S/c1-13(14-8-4-3-5-9-14)22-18-12-16(19-20-18)15-10-6-7-11-17(15)21-2;1-20-15-8-3-2-7-13(15)14-10-16(19-18-14)21-11-12-6-4-5-9-17-12;1-20-15-5-3-2-4-13(15)14-10-16(19-18-14)21-11-12-6-8-17-9-7-12;1-18-14-7-3-2-6-12(14)13-9-15(17-16-13)19-10-11-5-4-8-20-11/h3-13H,1-2H3,(H,19,20);2*2-10H,11H2,1H3,(H,18,19);2-9H,10H2,1H3,(H,16,17)/t13-;;;/m0.../s1. The Balaban J connectivity index is 0.000000134. The number of thiophene rings is 1. The number of para-hydroxylation sites is 4. The normalized spacial score (nSPS) is 10.8. The van der Waals surface area contributed by atoms with E-state index in [9.17, 15) is 0 Å². The lowest BCUT2D eigenvalue weighted by Gasteiger charge is -2.12. The molecule has 5 aromatic carbocycles. The summed E-state index contributed by atoms with van der Waals surface area (Å²) in [6, 6.07) is 62.3. The maximum absolute atomic E-state index is 5.89. The highest BCUT2D eigenvalue weighted by Crippen LogP contribution is 2.34. The zero-order valence-corrected chi connectivity index (χ0v) is 47.7. The second-order valence-electron chi connectivity index (χ2n) is 18.1. The molecule has 0 amide bonds. The fraction of sp³-hybridized carbons (Fsp3) is 0.138. The molecule has 12 aromatic rings. The molecule has 18 nitrogen and oxygen atoms in total. The first-order valence-electron chi connectivity index (χ1n) is 26.5. The maximum Gasteiger partial charge on any atom is 0.233 e. The second-order valence-corrected chi connectivity index (χ2v) is 19.1. The third-order valence-electron chi connectivity index (χ3n) is 12.5. The Morgan fingerprint density at radius 2 is 0.821 bits per heavy atom. The van der Waals surface area contributed by atoms with Crippen molar-refractivity contribution in [3.63, 3.8) is 0 Å². The van der Waals surface area contributed by atoms with Crippen LogP contribution in [-0.4, -0.2) is 79.2 Å². The van der Waals surface area contributed by atoms with Gasteiger partial charge in [0.1, 0.15) is 48.9 Å². The molecular weight excluding hydrogens is 1080 g/mol. The maximum atomic E-state index is 5.89. The summed E-state index contributed by atoms with van der Waals surface area (Å²) in [5.74, 6) is 5.42. The van der Waals surface area contributed by atoms with Gasteiger partial charge in [-0.25, -0.2) is 0 Å². The van der Waals surface area contributed by atoms with E-state index < -0.39 is 0 Å². The van der Waals surface area contributed by atoms with Crippen molar-refractivity contribution in [2.75, 3.05) is 28.4 Å². The summed E-state index contributed by atoms with van der Waals surface area (Å²) in [5.41, 5.74) is 10.3. The summed E-state index contributed by atoms with van der Waals surface area (Å²) in [7, 11) is 6.61. The van der Waals surface area contributed by atoms with Gasteiger partial charge in [-0.15, -0.1) is 31.7 Å². The Bertz CT molecular complexity index is 3710. The van der Waals surface area contributed by atoms with Crippen LogP contribution in [0.15, 0.2) is 218 Å². The van der Waals surface area contributed by atoms with E-state index in [0.717, 1.165) is 84.8 Å². The molecule has 0 fully saturated rings. The summed E-state index contributed by atoms with van der Waals surface area (Å²) in [6.07, 6.45) is 5.16. The van der Waals surface area contributed by atoms with Crippen LogP contribution in [0.4, 0.5) is 0 Å². The number of aromatic amines is 4. The molecule has 0 bridgehead atoms. The van der Waals surface area contributed by atoms with E-state index >= 15 is 0 Å². The zero-order valence-electron chi connectivity index (χ0n) is 46.8. The van der Waals surface area contributed by atoms with Crippen LogP contribution in [0.1, 0.15) is 34.7 Å². The molecule has 0 aliphatic carbocycles. The van der Waals surface area contributed by atoms with Crippen molar-refractivity contribution >= 4 is 11.3 Å². The minimum absolute atomic E-state index is 0.0602. The van der Waals surface area contributed by atoms with Crippen LogP contribution in [0.5, 0.6) is 46.5 Å². The number of ether oxygens (including phenoxy) is 8. The highest BCUT2D eigenvalue weighted by atomic mass is 32.1. The monoisotopic (exact) mass is 1140 g/mol. The molecule has 0 saturated heterocycles. The molecule has 0 saturated carbocycles. The van der Waals surface area contributed by atoms with Crippen LogP contribution in [-0.2, 0) is 19.8 Å².